The molecular formula is C12H15BrN2O2. The van der Waals surface area contributed by atoms with E-state index in [0.29, 0.717) is 18.8 Å². The first kappa shape index (κ1) is 13.7. The number of hydrogen-bond acceptors (Lipinski definition) is 3. The van der Waals surface area contributed by atoms with Gasteiger partial charge >= 0.3 is 0 Å². The molecule has 0 aliphatic heterocycles. The molecule has 0 unspecified atom stereocenters. The third-order valence-corrected chi connectivity index (χ3v) is 2.68. The Bertz CT molecular complexity index is 407. The molecule has 5 heteroatoms. The molecule has 0 bridgehead atoms. The van der Waals surface area contributed by atoms with Gasteiger partial charge in [0.25, 0.3) is 5.91 Å². The number of ether oxygens (including phenoxy) is 1. The van der Waals surface area contributed by atoms with E-state index in [2.05, 4.69) is 27.8 Å². The highest BCUT2D eigenvalue weighted by Crippen LogP contribution is 2.28. The molecule has 1 rings (SSSR count). The summed E-state index contributed by atoms with van der Waals surface area (Å²) >= 11 is 3.36. The minimum atomic E-state index is -0.191. The van der Waals surface area contributed by atoms with E-state index in [-0.39, 0.29) is 12.5 Å². The highest BCUT2D eigenvalue weighted by Gasteiger charge is 2.08. The van der Waals surface area contributed by atoms with E-state index in [1.807, 2.05) is 18.2 Å². The molecule has 0 saturated carbocycles. The number of carbonyl (C=O) groups is 1. The number of hydrogen-bond donors (Lipinski definition) is 2. The van der Waals surface area contributed by atoms with Crippen molar-refractivity contribution in [3.63, 3.8) is 0 Å². The summed E-state index contributed by atoms with van der Waals surface area (Å²) in [4.78, 5) is 11.4. The fraction of sp³-hybridized carbons (Fsp3) is 0.250. The van der Waals surface area contributed by atoms with Gasteiger partial charge in [0.2, 0.25) is 0 Å². The lowest BCUT2D eigenvalue weighted by atomic mass is 10.2. The van der Waals surface area contributed by atoms with Gasteiger partial charge in [-0.15, -0.1) is 6.58 Å². The number of rotatable bonds is 6. The van der Waals surface area contributed by atoms with E-state index in [1.165, 1.54) is 0 Å². The third kappa shape index (κ3) is 4.20. The van der Waals surface area contributed by atoms with Crippen LogP contribution in [0.15, 0.2) is 35.3 Å². The first-order valence-electron chi connectivity index (χ1n) is 5.17. The second-order valence-corrected chi connectivity index (χ2v) is 4.17. The molecule has 1 aromatic carbocycles. The number of nitrogens with one attached hydrogen (secondary N) is 1. The summed E-state index contributed by atoms with van der Waals surface area (Å²) < 4.78 is 6.23. The van der Waals surface area contributed by atoms with Crippen LogP contribution in [0.4, 0.5) is 0 Å². The fourth-order valence-corrected chi connectivity index (χ4v) is 1.77. The molecule has 3 N–H and O–H groups in total. The summed E-state index contributed by atoms with van der Waals surface area (Å²) in [7, 11) is 0. The lowest BCUT2D eigenvalue weighted by molar-refractivity contribution is -0.122. The predicted octanol–water partition coefficient (Wildman–Crippen LogP) is 1.59. The van der Waals surface area contributed by atoms with Gasteiger partial charge in [0.1, 0.15) is 5.75 Å². The molecule has 0 spiro atoms. The van der Waals surface area contributed by atoms with Gasteiger partial charge in [0.15, 0.2) is 6.61 Å². The van der Waals surface area contributed by atoms with Gasteiger partial charge in [-0.2, -0.15) is 0 Å². The summed E-state index contributed by atoms with van der Waals surface area (Å²) in [5.41, 5.74) is 6.45. The minimum absolute atomic E-state index is 0.0382. The monoisotopic (exact) mass is 298 g/mol. The Labute approximate surface area is 109 Å². The van der Waals surface area contributed by atoms with Crippen molar-refractivity contribution >= 4 is 21.8 Å². The number of halogens is 1. The topological polar surface area (TPSA) is 64.3 Å². The number of amides is 1. The zero-order chi connectivity index (χ0) is 12.7. The van der Waals surface area contributed by atoms with E-state index in [4.69, 9.17) is 10.5 Å². The molecule has 0 aromatic heterocycles. The van der Waals surface area contributed by atoms with E-state index in [9.17, 15) is 4.79 Å². The summed E-state index contributed by atoms with van der Waals surface area (Å²) in [5.74, 6) is 0.423. The van der Waals surface area contributed by atoms with Gasteiger partial charge in [0, 0.05) is 18.7 Å². The Kier molecular flexibility index (Phi) is 5.72. The standard InChI is InChI=1S/C12H15BrN2O2/c1-2-6-15-11(16)8-17-12-9(7-14)4-3-5-10(12)13/h2-5H,1,6-8,14H2,(H,15,16). The summed E-state index contributed by atoms with van der Waals surface area (Å²) in [6.45, 7) is 4.27. The van der Waals surface area contributed by atoms with Crippen molar-refractivity contribution in [1.82, 2.24) is 5.32 Å². The largest absolute Gasteiger partial charge is 0.482 e. The van der Waals surface area contributed by atoms with E-state index in [1.54, 1.807) is 6.08 Å². The highest BCUT2D eigenvalue weighted by molar-refractivity contribution is 9.10. The van der Waals surface area contributed by atoms with E-state index in [0.717, 1.165) is 10.0 Å². The summed E-state index contributed by atoms with van der Waals surface area (Å²) in [6, 6.07) is 5.58. The molecule has 1 aromatic rings. The Morgan fingerprint density at radius 1 is 1.59 bits per heavy atom. The number of para-hydroxylation sites is 1. The van der Waals surface area contributed by atoms with Gasteiger partial charge in [-0.25, -0.2) is 0 Å². The summed E-state index contributed by atoms with van der Waals surface area (Å²) in [5, 5.41) is 2.63. The Balaban J connectivity index is 2.62. The maximum atomic E-state index is 11.4. The van der Waals surface area contributed by atoms with Crippen LogP contribution in [0.1, 0.15) is 5.56 Å². The molecule has 0 aliphatic carbocycles. The fourth-order valence-electron chi connectivity index (χ4n) is 1.25. The molecule has 0 radical (unpaired) electrons. The average Bonchev–Trinajstić information content (AvgIpc) is 2.34. The van der Waals surface area contributed by atoms with Gasteiger partial charge in [-0.3, -0.25) is 4.79 Å². The normalized spacial score (nSPS) is 9.76. The molecule has 92 valence electrons. The van der Waals surface area contributed by atoms with Crippen LogP contribution < -0.4 is 15.8 Å². The van der Waals surface area contributed by atoms with Crippen molar-refractivity contribution in [1.29, 1.82) is 0 Å². The molecule has 4 nitrogen and oxygen atoms in total. The van der Waals surface area contributed by atoms with Gasteiger partial charge < -0.3 is 15.8 Å². The van der Waals surface area contributed by atoms with Crippen LogP contribution in [0.3, 0.4) is 0 Å². The smallest absolute Gasteiger partial charge is 0.258 e. The number of benzene rings is 1. The van der Waals surface area contributed by atoms with Crippen molar-refractivity contribution in [2.24, 2.45) is 5.73 Å². The predicted molar refractivity (Wildman–Crippen MR) is 70.7 cm³/mol. The van der Waals surface area contributed by atoms with Crippen molar-refractivity contribution in [2.45, 2.75) is 6.54 Å². The Morgan fingerprint density at radius 3 is 3.00 bits per heavy atom. The lowest BCUT2D eigenvalue weighted by Crippen LogP contribution is -2.29. The zero-order valence-corrected chi connectivity index (χ0v) is 11.0. The number of carbonyl (C=O) groups excluding carboxylic acids is 1. The minimum Gasteiger partial charge on any atom is -0.482 e. The third-order valence-electron chi connectivity index (χ3n) is 2.06. The first-order valence-corrected chi connectivity index (χ1v) is 5.96. The Morgan fingerprint density at radius 2 is 2.35 bits per heavy atom. The number of nitrogens with two attached hydrogens (primary N) is 1. The molecule has 0 saturated heterocycles. The average molecular weight is 299 g/mol. The Hall–Kier alpha value is -1.33. The highest BCUT2D eigenvalue weighted by atomic mass is 79.9. The van der Waals surface area contributed by atoms with Crippen molar-refractivity contribution in [3.8, 4) is 5.75 Å². The SMILES string of the molecule is C=CCNC(=O)COc1c(Br)cccc1CN. The van der Waals surface area contributed by atoms with Crippen molar-refractivity contribution in [3.05, 3.63) is 40.9 Å². The molecule has 0 heterocycles. The maximum absolute atomic E-state index is 11.4. The summed E-state index contributed by atoms with van der Waals surface area (Å²) in [6.07, 6.45) is 1.61. The second kappa shape index (κ2) is 7.09. The quantitative estimate of drug-likeness (QED) is 0.784. The lowest BCUT2D eigenvalue weighted by Gasteiger charge is -2.11. The molecular weight excluding hydrogens is 284 g/mol. The van der Waals surface area contributed by atoms with E-state index < -0.39 is 0 Å². The maximum Gasteiger partial charge on any atom is 0.258 e. The van der Waals surface area contributed by atoms with Crippen molar-refractivity contribution in [2.75, 3.05) is 13.2 Å². The van der Waals surface area contributed by atoms with Crippen LogP contribution in [-0.4, -0.2) is 19.1 Å². The van der Waals surface area contributed by atoms with Crippen LogP contribution in [0.2, 0.25) is 0 Å². The van der Waals surface area contributed by atoms with Crippen LogP contribution in [0.25, 0.3) is 0 Å². The van der Waals surface area contributed by atoms with Gasteiger partial charge in [-0.05, 0) is 22.0 Å². The van der Waals surface area contributed by atoms with Crippen LogP contribution >= 0.6 is 15.9 Å². The molecule has 0 atom stereocenters. The van der Waals surface area contributed by atoms with Crippen molar-refractivity contribution < 1.29 is 9.53 Å². The zero-order valence-electron chi connectivity index (χ0n) is 9.41. The van der Waals surface area contributed by atoms with Gasteiger partial charge in [0.05, 0.1) is 4.47 Å². The molecule has 0 aliphatic rings. The second-order valence-electron chi connectivity index (χ2n) is 3.31. The van der Waals surface area contributed by atoms with Crippen LogP contribution in [-0.2, 0) is 11.3 Å². The van der Waals surface area contributed by atoms with Crippen LogP contribution in [0, 0.1) is 0 Å². The molecule has 17 heavy (non-hydrogen) atoms. The van der Waals surface area contributed by atoms with Gasteiger partial charge in [-0.1, -0.05) is 18.2 Å². The first-order chi connectivity index (χ1) is 8.19. The van der Waals surface area contributed by atoms with E-state index >= 15 is 0 Å². The van der Waals surface area contributed by atoms with Crippen LogP contribution in [0.5, 0.6) is 5.75 Å². The molecule has 0 fully saturated rings. The molecule has 1 amide bonds.